The van der Waals surface area contributed by atoms with Gasteiger partial charge >= 0.3 is 0 Å². The van der Waals surface area contributed by atoms with Gasteiger partial charge in [-0.25, -0.2) is 10.0 Å². The lowest BCUT2D eigenvalue weighted by Gasteiger charge is -2.48. The molecule has 0 amide bonds. The zero-order valence-corrected chi connectivity index (χ0v) is 11.7. The fourth-order valence-electron chi connectivity index (χ4n) is 2.01. The predicted octanol–water partition coefficient (Wildman–Crippen LogP) is 2.60. The normalized spacial score (nSPS) is 13.2. The molecule has 0 aliphatic carbocycles. The van der Waals surface area contributed by atoms with Crippen LogP contribution in [0.4, 0.5) is 0 Å². The predicted molar refractivity (Wildman–Crippen MR) is 67.4 cm³/mol. The van der Waals surface area contributed by atoms with E-state index in [-0.39, 0.29) is 5.54 Å². The van der Waals surface area contributed by atoms with Crippen molar-refractivity contribution in [3.8, 4) is 0 Å². The van der Waals surface area contributed by atoms with E-state index in [2.05, 4.69) is 63.6 Å². The molecule has 0 saturated carbocycles. The molecule has 0 unspecified atom stereocenters. The summed E-state index contributed by atoms with van der Waals surface area (Å²) in [4.78, 5) is 0. The van der Waals surface area contributed by atoms with E-state index in [1.165, 1.54) is 0 Å². The first kappa shape index (κ1) is 14.9. The van der Waals surface area contributed by atoms with Crippen LogP contribution in [-0.2, 0) is 0 Å². The van der Waals surface area contributed by atoms with Crippen LogP contribution in [0.25, 0.3) is 0 Å². The van der Waals surface area contributed by atoms with E-state index < -0.39 is 0 Å². The highest BCUT2D eigenvalue weighted by atomic mass is 15.9. The van der Waals surface area contributed by atoms with Gasteiger partial charge in [-0.05, 0) is 20.8 Å². The summed E-state index contributed by atoms with van der Waals surface area (Å²) in [6.07, 6.45) is 0. The molecule has 0 fully saturated rings. The van der Waals surface area contributed by atoms with Gasteiger partial charge in [0.05, 0.1) is 0 Å². The second-order valence-corrected chi connectivity index (χ2v) is 4.74. The third kappa shape index (κ3) is 4.09. The van der Waals surface area contributed by atoms with Crippen molar-refractivity contribution >= 4 is 0 Å². The lowest BCUT2D eigenvalue weighted by atomic mass is 10.1. The minimum absolute atomic E-state index is 0.151. The van der Waals surface area contributed by atoms with Gasteiger partial charge in [-0.15, -0.1) is 0 Å². The first-order valence-electron chi connectivity index (χ1n) is 6.22. The van der Waals surface area contributed by atoms with E-state index in [9.17, 15) is 0 Å². The summed E-state index contributed by atoms with van der Waals surface area (Å²) in [5.74, 6) is 0. The highest BCUT2D eigenvalue weighted by molar-refractivity contribution is 4.72. The number of nitrogens with zero attached hydrogens (tertiary/aromatic N) is 3. The van der Waals surface area contributed by atoms with Crippen molar-refractivity contribution in [1.82, 2.24) is 15.1 Å². The highest BCUT2D eigenvalue weighted by Gasteiger charge is 2.29. The lowest BCUT2D eigenvalue weighted by molar-refractivity contribution is -0.229. The molecule has 3 heteroatoms. The minimum Gasteiger partial charge on any atom is -0.228 e. The molecule has 0 aromatic heterocycles. The number of hydrogen-bond donors (Lipinski definition) is 0. The fraction of sp³-hybridized carbons (Fsp3) is 1.00. The zero-order valence-electron chi connectivity index (χ0n) is 11.7. The summed E-state index contributed by atoms with van der Waals surface area (Å²) in [6.45, 7) is 19.9. The second kappa shape index (κ2) is 6.46. The Labute approximate surface area is 96.0 Å². The largest absolute Gasteiger partial charge is 0.228 e. The van der Waals surface area contributed by atoms with Crippen molar-refractivity contribution < 1.29 is 0 Å². The first-order chi connectivity index (χ1) is 6.92. The third-order valence-electron chi connectivity index (χ3n) is 2.60. The van der Waals surface area contributed by atoms with Crippen molar-refractivity contribution in [2.75, 3.05) is 26.2 Å². The van der Waals surface area contributed by atoms with Crippen LogP contribution in [0.2, 0.25) is 0 Å². The topological polar surface area (TPSA) is 9.72 Å². The fourth-order valence-corrected chi connectivity index (χ4v) is 2.01. The monoisotopic (exact) mass is 215 g/mol. The Bertz CT molecular complexity index is 143. The summed E-state index contributed by atoms with van der Waals surface area (Å²) < 4.78 is 0. The Kier molecular flexibility index (Phi) is 6.41. The molecule has 0 spiro atoms. The lowest BCUT2D eigenvalue weighted by Crippen LogP contribution is -2.61. The van der Waals surface area contributed by atoms with E-state index in [0.29, 0.717) is 0 Å². The summed E-state index contributed by atoms with van der Waals surface area (Å²) in [5, 5.41) is 7.20. The molecule has 3 nitrogen and oxygen atoms in total. The Hall–Kier alpha value is -0.120. The van der Waals surface area contributed by atoms with Gasteiger partial charge in [0.25, 0.3) is 0 Å². The van der Waals surface area contributed by atoms with Crippen LogP contribution in [0.5, 0.6) is 0 Å². The van der Waals surface area contributed by atoms with Crippen molar-refractivity contribution in [2.45, 2.75) is 54.0 Å². The summed E-state index contributed by atoms with van der Waals surface area (Å²) in [7, 11) is 0. The van der Waals surface area contributed by atoms with Crippen LogP contribution in [0.1, 0.15) is 48.5 Å². The zero-order chi connectivity index (χ0) is 12.1. The van der Waals surface area contributed by atoms with Crippen LogP contribution in [0, 0.1) is 0 Å². The molecule has 0 atom stereocenters. The molecule has 0 bridgehead atoms. The van der Waals surface area contributed by atoms with E-state index in [1.54, 1.807) is 0 Å². The van der Waals surface area contributed by atoms with Crippen molar-refractivity contribution in [1.29, 1.82) is 0 Å². The van der Waals surface area contributed by atoms with E-state index in [4.69, 9.17) is 0 Å². The third-order valence-corrected chi connectivity index (χ3v) is 2.60. The minimum atomic E-state index is 0.151. The Morgan fingerprint density at radius 2 is 0.933 bits per heavy atom. The Balaban J connectivity index is 4.85. The smallest absolute Gasteiger partial charge is 0.0430 e. The molecule has 0 heterocycles. The summed E-state index contributed by atoms with van der Waals surface area (Å²) in [6, 6.07) is 0. The molecular formula is C12H29N3. The van der Waals surface area contributed by atoms with Gasteiger partial charge in [-0.2, -0.15) is 5.12 Å². The van der Waals surface area contributed by atoms with Crippen LogP contribution >= 0.6 is 0 Å². The maximum Gasteiger partial charge on any atom is 0.0430 e. The first-order valence-corrected chi connectivity index (χ1v) is 6.22. The van der Waals surface area contributed by atoms with Gasteiger partial charge < -0.3 is 0 Å². The molecule has 0 aromatic rings. The maximum absolute atomic E-state index is 2.41. The van der Waals surface area contributed by atoms with Gasteiger partial charge in [0.1, 0.15) is 0 Å². The van der Waals surface area contributed by atoms with Gasteiger partial charge in [-0.1, -0.05) is 27.7 Å². The molecule has 92 valence electrons. The van der Waals surface area contributed by atoms with Gasteiger partial charge in [0.15, 0.2) is 0 Å². The standard InChI is InChI=1S/C12H29N3/c1-8-13(9-2)15(12(5,6)7)14(10-3)11-4/h8-11H2,1-7H3. The molecule has 0 N–H and O–H groups in total. The van der Waals surface area contributed by atoms with E-state index >= 15 is 0 Å². The van der Waals surface area contributed by atoms with Crippen LogP contribution in [0.15, 0.2) is 0 Å². The quantitative estimate of drug-likeness (QED) is 0.631. The maximum atomic E-state index is 2.41. The Morgan fingerprint density at radius 3 is 1.07 bits per heavy atom. The average Bonchev–Trinajstić information content (AvgIpc) is 2.17. The highest BCUT2D eigenvalue weighted by Crippen LogP contribution is 2.18. The molecule has 15 heavy (non-hydrogen) atoms. The van der Waals surface area contributed by atoms with Gasteiger partial charge in [0, 0.05) is 31.7 Å². The molecular weight excluding hydrogens is 186 g/mol. The molecule has 0 aliphatic rings. The van der Waals surface area contributed by atoms with Crippen LogP contribution < -0.4 is 0 Å². The molecule has 0 radical (unpaired) electrons. The van der Waals surface area contributed by atoms with Crippen molar-refractivity contribution in [3.63, 3.8) is 0 Å². The van der Waals surface area contributed by atoms with Gasteiger partial charge in [0.2, 0.25) is 0 Å². The van der Waals surface area contributed by atoms with Crippen molar-refractivity contribution in [2.24, 2.45) is 0 Å². The molecule has 0 aromatic carbocycles. The van der Waals surface area contributed by atoms with E-state index in [0.717, 1.165) is 26.2 Å². The molecule has 0 saturated heterocycles. The number of hydrogen-bond acceptors (Lipinski definition) is 3. The number of rotatable bonds is 6. The second-order valence-electron chi connectivity index (χ2n) is 4.74. The summed E-state index contributed by atoms with van der Waals surface area (Å²) >= 11 is 0. The average molecular weight is 215 g/mol. The van der Waals surface area contributed by atoms with Gasteiger partial charge in [-0.3, -0.25) is 0 Å². The number of hydrazine groups is 2. The SMILES string of the molecule is CCN(CC)N(N(CC)CC)C(C)(C)C. The van der Waals surface area contributed by atoms with Crippen LogP contribution in [-0.4, -0.2) is 46.9 Å². The Morgan fingerprint density at radius 1 is 0.667 bits per heavy atom. The van der Waals surface area contributed by atoms with Crippen LogP contribution in [0.3, 0.4) is 0 Å². The summed E-state index contributed by atoms with van der Waals surface area (Å²) in [5.41, 5.74) is 0.151. The molecule has 0 rings (SSSR count). The molecule has 0 aliphatic heterocycles. The van der Waals surface area contributed by atoms with E-state index in [1.807, 2.05) is 0 Å². The van der Waals surface area contributed by atoms with Crippen molar-refractivity contribution in [3.05, 3.63) is 0 Å².